The molecule has 1 aromatic heterocycles. The van der Waals surface area contributed by atoms with E-state index in [1.165, 1.54) is 5.56 Å². The fourth-order valence-electron chi connectivity index (χ4n) is 2.40. The molecule has 0 spiro atoms. The van der Waals surface area contributed by atoms with E-state index in [1.807, 2.05) is 26.0 Å². The monoisotopic (exact) mass is 355 g/mol. The third-order valence-corrected chi connectivity index (χ3v) is 4.01. The number of hydrogen-bond donors (Lipinski definition) is 1. The Bertz CT molecular complexity index is 905. The molecule has 0 unspecified atom stereocenters. The van der Waals surface area contributed by atoms with E-state index in [0.717, 1.165) is 11.3 Å². The molecule has 0 aliphatic carbocycles. The number of nitrogens with zero attached hydrogens (tertiary/aromatic N) is 2. The maximum Gasteiger partial charge on any atom is 0.276 e. The Balaban J connectivity index is 1.64. The summed E-state index contributed by atoms with van der Waals surface area (Å²) >= 11 is 6.04. The van der Waals surface area contributed by atoms with E-state index >= 15 is 0 Å². The van der Waals surface area contributed by atoms with Gasteiger partial charge in [-0.1, -0.05) is 41.4 Å². The number of amides is 1. The van der Waals surface area contributed by atoms with Crippen LogP contribution >= 0.6 is 11.6 Å². The Labute approximate surface area is 151 Å². The number of hydrogen-bond acceptors (Lipinski definition) is 3. The summed E-state index contributed by atoms with van der Waals surface area (Å²) in [4.78, 5) is 12.3. The van der Waals surface area contributed by atoms with Gasteiger partial charge in [-0.2, -0.15) is 5.10 Å². The van der Waals surface area contributed by atoms with Crippen LogP contribution in [0, 0.1) is 13.8 Å². The van der Waals surface area contributed by atoms with Gasteiger partial charge in [0.05, 0.1) is 10.7 Å². The summed E-state index contributed by atoms with van der Waals surface area (Å²) in [5.41, 5.74) is 3.09. The van der Waals surface area contributed by atoms with E-state index in [4.69, 9.17) is 16.3 Å². The summed E-state index contributed by atoms with van der Waals surface area (Å²) < 4.78 is 7.33. The molecule has 6 heteroatoms. The zero-order valence-electron chi connectivity index (χ0n) is 14.0. The lowest BCUT2D eigenvalue weighted by Gasteiger charge is -2.09. The SMILES string of the molecule is Cc1ccc(OCn2ccc(C(=O)Nc3ccccc3Cl)n2)c(C)c1. The fourth-order valence-corrected chi connectivity index (χ4v) is 2.58. The van der Waals surface area contributed by atoms with Crippen molar-refractivity contribution in [2.24, 2.45) is 0 Å². The molecule has 0 atom stereocenters. The average Bonchev–Trinajstić information content (AvgIpc) is 3.05. The Morgan fingerprint density at radius 3 is 2.76 bits per heavy atom. The van der Waals surface area contributed by atoms with Crippen LogP contribution in [0.1, 0.15) is 21.6 Å². The van der Waals surface area contributed by atoms with Crippen molar-refractivity contribution in [1.29, 1.82) is 0 Å². The molecule has 0 aliphatic rings. The average molecular weight is 356 g/mol. The van der Waals surface area contributed by atoms with Crippen molar-refractivity contribution in [3.05, 3.63) is 76.6 Å². The van der Waals surface area contributed by atoms with E-state index in [2.05, 4.69) is 16.5 Å². The number of aromatic nitrogens is 2. The smallest absolute Gasteiger partial charge is 0.276 e. The molecule has 3 aromatic rings. The first-order valence-electron chi connectivity index (χ1n) is 7.82. The topological polar surface area (TPSA) is 56.1 Å². The molecule has 1 N–H and O–H groups in total. The molecule has 2 aromatic carbocycles. The normalized spacial score (nSPS) is 10.5. The number of rotatable bonds is 5. The Hall–Kier alpha value is -2.79. The fraction of sp³-hybridized carbons (Fsp3) is 0.158. The van der Waals surface area contributed by atoms with Gasteiger partial charge in [-0.05, 0) is 43.7 Å². The van der Waals surface area contributed by atoms with Gasteiger partial charge in [0.15, 0.2) is 12.4 Å². The van der Waals surface area contributed by atoms with Gasteiger partial charge in [0, 0.05) is 6.20 Å². The number of para-hydroxylation sites is 1. The van der Waals surface area contributed by atoms with Crippen LogP contribution in [0.3, 0.4) is 0 Å². The van der Waals surface area contributed by atoms with Crippen LogP contribution in [-0.4, -0.2) is 15.7 Å². The molecule has 0 radical (unpaired) electrons. The second-order valence-corrected chi connectivity index (χ2v) is 6.12. The van der Waals surface area contributed by atoms with Gasteiger partial charge < -0.3 is 10.1 Å². The number of aryl methyl sites for hydroxylation is 2. The first-order chi connectivity index (χ1) is 12.0. The highest BCUT2D eigenvalue weighted by atomic mass is 35.5. The van der Waals surface area contributed by atoms with Crippen LogP contribution < -0.4 is 10.1 Å². The maximum atomic E-state index is 12.3. The Morgan fingerprint density at radius 2 is 2.00 bits per heavy atom. The molecule has 3 rings (SSSR count). The van der Waals surface area contributed by atoms with E-state index in [9.17, 15) is 4.79 Å². The number of carbonyl (C=O) groups is 1. The first kappa shape index (κ1) is 17.0. The summed E-state index contributed by atoms with van der Waals surface area (Å²) in [5, 5.41) is 7.46. The van der Waals surface area contributed by atoms with Crippen molar-refractivity contribution in [3.8, 4) is 5.75 Å². The molecule has 0 fully saturated rings. The number of nitrogens with one attached hydrogen (secondary N) is 1. The Kier molecular flexibility index (Phi) is 5.05. The lowest BCUT2D eigenvalue weighted by Crippen LogP contribution is -2.14. The molecular weight excluding hydrogens is 338 g/mol. The highest BCUT2D eigenvalue weighted by Crippen LogP contribution is 2.21. The predicted molar refractivity (Wildman–Crippen MR) is 98.2 cm³/mol. The minimum atomic E-state index is -0.321. The van der Waals surface area contributed by atoms with Gasteiger partial charge in [0.25, 0.3) is 5.91 Å². The summed E-state index contributed by atoms with van der Waals surface area (Å²) in [6, 6.07) is 14.7. The van der Waals surface area contributed by atoms with Gasteiger partial charge in [0.1, 0.15) is 5.75 Å². The number of anilines is 1. The highest BCUT2D eigenvalue weighted by molar-refractivity contribution is 6.33. The predicted octanol–water partition coefficient (Wildman–Crippen LogP) is 4.44. The van der Waals surface area contributed by atoms with Crippen molar-refractivity contribution in [2.45, 2.75) is 20.6 Å². The number of ether oxygens (including phenoxy) is 1. The molecule has 25 heavy (non-hydrogen) atoms. The van der Waals surface area contributed by atoms with E-state index in [0.29, 0.717) is 16.4 Å². The number of carbonyl (C=O) groups excluding carboxylic acids is 1. The van der Waals surface area contributed by atoms with Crippen LogP contribution in [0.4, 0.5) is 5.69 Å². The van der Waals surface area contributed by atoms with Crippen molar-refractivity contribution < 1.29 is 9.53 Å². The van der Waals surface area contributed by atoms with Gasteiger partial charge in [0.2, 0.25) is 0 Å². The van der Waals surface area contributed by atoms with Crippen LogP contribution in [0.25, 0.3) is 0 Å². The standard InChI is InChI=1S/C19H18ClN3O2/c1-13-7-8-18(14(2)11-13)25-12-23-10-9-17(22-23)19(24)21-16-6-4-3-5-15(16)20/h3-11H,12H2,1-2H3,(H,21,24). The third-order valence-electron chi connectivity index (χ3n) is 3.68. The van der Waals surface area contributed by atoms with Gasteiger partial charge in [-0.15, -0.1) is 0 Å². The molecule has 0 saturated heterocycles. The third kappa shape index (κ3) is 4.19. The van der Waals surface area contributed by atoms with Crippen LogP contribution in [0.5, 0.6) is 5.75 Å². The van der Waals surface area contributed by atoms with Crippen LogP contribution in [-0.2, 0) is 6.73 Å². The maximum absolute atomic E-state index is 12.3. The van der Waals surface area contributed by atoms with Gasteiger partial charge in [-0.3, -0.25) is 4.79 Å². The summed E-state index contributed by atoms with van der Waals surface area (Å²) in [5.74, 6) is 0.474. The molecule has 128 valence electrons. The van der Waals surface area contributed by atoms with Crippen molar-refractivity contribution in [3.63, 3.8) is 0 Å². The van der Waals surface area contributed by atoms with Gasteiger partial charge >= 0.3 is 0 Å². The zero-order valence-corrected chi connectivity index (χ0v) is 14.7. The second-order valence-electron chi connectivity index (χ2n) is 5.72. The van der Waals surface area contributed by atoms with Crippen molar-refractivity contribution in [2.75, 3.05) is 5.32 Å². The van der Waals surface area contributed by atoms with Crippen molar-refractivity contribution >= 4 is 23.2 Å². The molecule has 0 aliphatic heterocycles. The van der Waals surface area contributed by atoms with Gasteiger partial charge in [-0.25, -0.2) is 4.68 Å². The highest BCUT2D eigenvalue weighted by Gasteiger charge is 2.11. The summed E-state index contributed by atoms with van der Waals surface area (Å²) in [7, 11) is 0. The van der Waals surface area contributed by atoms with E-state index < -0.39 is 0 Å². The van der Waals surface area contributed by atoms with Crippen LogP contribution in [0.15, 0.2) is 54.7 Å². The summed E-state index contributed by atoms with van der Waals surface area (Å²) in [6.45, 7) is 4.26. The quantitative estimate of drug-likeness (QED) is 0.736. The lowest BCUT2D eigenvalue weighted by molar-refractivity contribution is 0.102. The number of benzene rings is 2. The minimum absolute atomic E-state index is 0.225. The summed E-state index contributed by atoms with van der Waals surface area (Å²) in [6.07, 6.45) is 1.70. The van der Waals surface area contributed by atoms with Crippen LogP contribution in [0.2, 0.25) is 5.02 Å². The van der Waals surface area contributed by atoms with E-state index in [-0.39, 0.29) is 12.6 Å². The molecule has 5 nitrogen and oxygen atoms in total. The first-order valence-corrected chi connectivity index (χ1v) is 8.20. The molecule has 0 saturated carbocycles. The molecule has 0 bridgehead atoms. The number of halogens is 1. The minimum Gasteiger partial charge on any atom is -0.471 e. The largest absolute Gasteiger partial charge is 0.471 e. The van der Waals surface area contributed by atoms with Crippen molar-refractivity contribution in [1.82, 2.24) is 9.78 Å². The van der Waals surface area contributed by atoms with E-state index in [1.54, 1.807) is 41.2 Å². The second kappa shape index (κ2) is 7.40. The Morgan fingerprint density at radius 1 is 1.20 bits per heavy atom. The molecular formula is C19H18ClN3O2. The molecule has 1 amide bonds. The zero-order chi connectivity index (χ0) is 17.8. The lowest BCUT2D eigenvalue weighted by atomic mass is 10.1. The molecule has 1 heterocycles.